The van der Waals surface area contributed by atoms with Crippen LogP contribution in [0.1, 0.15) is 37.9 Å². The number of aromatic nitrogens is 3. The van der Waals surface area contributed by atoms with Crippen LogP contribution in [-0.4, -0.2) is 32.0 Å². The van der Waals surface area contributed by atoms with Gasteiger partial charge in [-0.05, 0) is 50.6 Å². The van der Waals surface area contributed by atoms with E-state index in [1.165, 1.54) is 6.07 Å². The number of aryl methyl sites for hydroxylation is 1. The Bertz CT molecular complexity index is 1120. The molecule has 1 aliphatic rings. The van der Waals surface area contributed by atoms with E-state index in [0.29, 0.717) is 0 Å². The predicted molar refractivity (Wildman–Crippen MR) is 119 cm³/mol. The van der Waals surface area contributed by atoms with Crippen LogP contribution in [0.4, 0.5) is 4.39 Å². The van der Waals surface area contributed by atoms with Crippen LogP contribution in [0.5, 0.6) is 0 Å². The Hall–Kier alpha value is -2.99. The van der Waals surface area contributed by atoms with Gasteiger partial charge in [-0.1, -0.05) is 17.7 Å². The summed E-state index contributed by atoms with van der Waals surface area (Å²) in [7, 11) is 0. The summed E-state index contributed by atoms with van der Waals surface area (Å²) in [4.78, 5) is 11.2. The van der Waals surface area contributed by atoms with Gasteiger partial charge in [-0.15, -0.1) is 0 Å². The highest BCUT2D eigenvalue weighted by molar-refractivity contribution is 6.30. The number of hydrogen-bond acceptors (Lipinski definition) is 4. The summed E-state index contributed by atoms with van der Waals surface area (Å²) in [5.41, 5.74) is 4.73. The number of pyridine rings is 1. The molecule has 0 spiro atoms. The molecule has 0 bridgehead atoms. The quantitative estimate of drug-likeness (QED) is 0.537. The molecule has 2 aromatic heterocycles. The molecule has 0 N–H and O–H groups in total. The zero-order valence-electron chi connectivity index (χ0n) is 17.1. The molecule has 4 rings (SSSR count). The molecular weight excluding hydrogens is 401 g/mol. The molecule has 1 aliphatic heterocycles. The highest BCUT2D eigenvalue weighted by Crippen LogP contribution is 2.35. The van der Waals surface area contributed by atoms with Gasteiger partial charge in [-0.3, -0.25) is 14.7 Å². The van der Waals surface area contributed by atoms with Crippen LogP contribution in [0.3, 0.4) is 0 Å². The molecule has 0 saturated heterocycles. The van der Waals surface area contributed by atoms with Gasteiger partial charge >= 0.3 is 0 Å². The number of nitrogens with zero attached hydrogens (tertiary/aromatic N) is 5. The lowest BCUT2D eigenvalue weighted by Crippen LogP contribution is -2.35. The number of rotatable bonds is 5. The van der Waals surface area contributed by atoms with Gasteiger partial charge in [0.1, 0.15) is 12.0 Å². The maximum Gasteiger partial charge on any atom is 0.142 e. The van der Waals surface area contributed by atoms with E-state index in [2.05, 4.69) is 39.9 Å². The number of aliphatic imine (C=N–C) groups is 1. The minimum absolute atomic E-state index is 0.0314. The third-order valence-electron chi connectivity index (χ3n) is 5.38. The zero-order valence-corrected chi connectivity index (χ0v) is 17.9. The number of allylic oxidation sites excluding steroid dienone is 1. The van der Waals surface area contributed by atoms with Crippen LogP contribution in [0.2, 0.25) is 5.02 Å². The van der Waals surface area contributed by atoms with E-state index >= 15 is 0 Å². The topological polar surface area (TPSA) is 46.3 Å². The molecular formula is C23H23ClFN5. The molecule has 0 aliphatic carbocycles. The monoisotopic (exact) mass is 423 g/mol. The summed E-state index contributed by atoms with van der Waals surface area (Å²) in [6, 6.07) is 6.97. The zero-order chi connectivity index (χ0) is 21.3. The van der Waals surface area contributed by atoms with Crippen LogP contribution in [0, 0.1) is 5.82 Å². The lowest BCUT2D eigenvalue weighted by Gasteiger charge is -2.38. The van der Waals surface area contributed by atoms with Gasteiger partial charge < -0.3 is 4.90 Å². The van der Waals surface area contributed by atoms with Crippen molar-refractivity contribution in [2.45, 2.75) is 39.5 Å². The standard InChI is InChI=1S/C23H23ClFN5/c1-4-29-14-20(13-28-29)19-9-18(11-26-12-19)15(2)30-16(3)27-8-7-23(30)17-5-6-21(24)22(25)10-17/h5-16H,4H2,1-3H3. The fourth-order valence-corrected chi connectivity index (χ4v) is 3.84. The molecule has 3 aromatic rings. The summed E-state index contributed by atoms with van der Waals surface area (Å²) >= 11 is 5.88. The highest BCUT2D eigenvalue weighted by atomic mass is 35.5. The lowest BCUT2D eigenvalue weighted by atomic mass is 10.0. The van der Waals surface area contributed by atoms with E-state index in [4.69, 9.17) is 11.6 Å². The Balaban J connectivity index is 1.69. The van der Waals surface area contributed by atoms with Gasteiger partial charge in [0.15, 0.2) is 0 Å². The average molecular weight is 424 g/mol. The van der Waals surface area contributed by atoms with Crippen molar-refractivity contribution >= 4 is 23.5 Å². The van der Waals surface area contributed by atoms with Gasteiger partial charge in [-0.2, -0.15) is 5.10 Å². The smallest absolute Gasteiger partial charge is 0.142 e. The SMILES string of the molecule is CCn1cc(-c2cncc(C(C)N3C(c4ccc(Cl)c(F)c4)=CC=NC3C)c2)cn1. The van der Waals surface area contributed by atoms with E-state index < -0.39 is 5.82 Å². The fourth-order valence-electron chi connectivity index (χ4n) is 3.72. The minimum Gasteiger partial charge on any atom is -0.342 e. The number of halogens is 2. The first kappa shape index (κ1) is 20.3. The molecule has 2 unspecified atom stereocenters. The van der Waals surface area contributed by atoms with Crippen LogP contribution in [0.25, 0.3) is 16.8 Å². The highest BCUT2D eigenvalue weighted by Gasteiger charge is 2.27. The van der Waals surface area contributed by atoms with Gasteiger partial charge in [-0.25, -0.2) is 4.39 Å². The minimum atomic E-state index is -0.436. The van der Waals surface area contributed by atoms with Crippen molar-refractivity contribution < 1.29 is 4.39 Å². The molecule has 0 amide bonds. The van der Waals surface area contributed by atoms with E-state index in [0.717, 1.165) is 34.5 Å². The first-order valence-electron chi connectivity index (χ1n) is 9.93. The van der Waals surface area contributed by atoms with Gasteiger partial charge in [0, 0.05) is 53.7 Å². The molecule has 2 atom stereocenters. The van der Waals surface area contributed by atoms with E-state index in [1.807, 2.05) is 48.5 Å². The third kappa shape index (κ3) is 3.87. The maximum atomic E-state index is 14.1. The Labute approximate surface area is 180 Å². The van der Waals surface area contributed by atoms with Crippen molar-refractivity contribution in [2.24, 2.45) is 4.99 Å². The lowest BCUT2D eigenvalue weighted by molar-refractivity contribution is 0.252. The average Bonchev–Trinajstić information content (AvgIpc) is 3.24. The molecule has 0 saturated carbocycles. The third-order valence-corrected chi connectivity index (χ3v) is 5.69. The van der Waals surface area contributed by atoms with Crippen molar-refractivity contribution in [1.82, 2.24) is 19.7 Å². The summed E-state index contributed by atoms with van der Waals surface area (Å²) in [5, 5.41) is 4.47. The van der Waals surface area contributed by atoms with Crippen molar-refractivity contribution in [3.8, 4) is 11.1 Å². The van der Waals surface area contributed by atoms with Crippen molar-refractivity contribution in [1.29, 1.82) is 0 Å². The van der Waals surface area contributed by atoms with Gasteiger partial charge in [0.2, 0.25) is 0 Å². The predicted octanol–water partition coefficient (Wildman–Crippen LogP) is 5.59. The van der Waals surface area contributed by atoms with Gasteiger partial charge in [0.05, 0.1) is 17.3 Å². The molecule has 7 heteroatoms. The van der Waals surface area contributed by atoms with Crippen molar-refractivity contribution in [2.75, 3.05) is 0 Å². The number of hydrogen-bond donors (Lipinski definition) is 0. The second-order valence-electron chi connectivity index (χ2n) is 7.29. The van der Waals surface area contributed by atoms with E-state index in [9.17, 15) is 4.39 Å². The normalized spacial score (nSPS) is 17.2. The van der Waals surface area contributed by atoms with Crippen molar-refractivity contribution in [3.63, 3.8) is 0 Å². The maximum absolute atomic E-state index is 14.1. The first-order valence-corrected chi connectivity index (χ1v) is 10.3. The molecule has 0 radical (unpaired) electrons. The summed E-state index contributed by atoms with van der Waals surface area (Å²) < 4.78 is 16.0. The molecule has 5 nitrogen and oxygen atoms in total. The molecule has 1 aromatic carbocycles. The number of benzene rings is 1. The Morgan fingerprint density at radius 2 is 1.97 bits per heavy atom. The summed E-state index contributed by atoms with van der Waals surface area (Å²) in [6.45, 7) is 7.00. The van der Waals surface area contributed by atoms with Crippen LogP contribution in [0.15, 0.2) is 60.1 Å². The Morgan fingerprint density at radius 1 is 1.13 bits per heavy atom. The molecule has 3 heterocycles. The van der Waals surface area contributed by atoms with Crippen LogP contribution < -0.4 is 0 Å². The second-order valence-corrected chi connectivity index (χ2v) is 7.69. The van der Waals surface area contributed by atoms with Crippen molar-refractivity contribution in [3.05, 3.63) is 77.1 Å². The largest absolute Gasteiger partial charge is 0.342 e. The first-order chi connectivity index (χ1) is 14.5. The second kappa shape index (κ2) is 8.40. The summed E-state index contributed by atoms with van der Waals surface area (Å²) in [6.07, 6.45) is 11.1. The summed E-state index contributed by atoms with van der Waals surface area (Å²) in [5.74, 6) is -0.436. The molecule has 30 heavy (non-hydrogen) atoms. The molecule has 154 valence electrons. The van der Waals surface area contributed by atoms with Gasteiger partial charge in [0.25, 0.3) is 0 Å². The van der Waals surface area contributed by atoms with E-state index in [1.54, 1.807) is 12.3 Å². The fraction of sp³-hybridized carbons (Fsp3) is 0.261. The Morgan fingerprint density at radius 3 is 2.70 bits per heavy atom. The Kier molecular flexibility index (Phi) is 5.68. The molecule has 0 fully saturated rings. The van der Waals surface area contributed by atoms with Crippen LogP contribution >= 0.6 is 11.6 Å². The van der Waals surface area contributed by atoms with E-state index in [-0.39, 0.29) is 17.2 Å². The van der Waals surface area contributed by atoms with Crippen LogP contribution in [-0.2, 0) is 6.54 Å².